The van der Waals surface area contributed by atoms with Crippen molar-refractivity contribution >= 4 is 17.5 Å². The second-order valence-electron chi connectivity index (χ2n) is 9.59. The maximum atomic E-state index is 14.5. The van der Waals surface area contributed by atoms with Crippen molar-refractivity contribution in [3.8, 4) is 5.75 Å². The Kier molecular flexibility index (Phi) is 5.96. The lowest BCUT2D eigenvalue weighted by atomic mass is 9.77. The molecule has 1 aliphatic heterocycles. The van der Waals surface area contributed by atoms with Crippen LogP contribution in [0, 0.1) is 19.7 Å². The molecule has 1 aliphatic rings. The van der Waals surface area contributed by atoms with Gasteiger partial charge in [-0.3, -0.25) is 4.90 Å². The van der Waals surface area contributed by atoms with E-state index in [1.165, 1.54) is 6.20 Å². The van der Waals surface area contributed by atoms with Gasteiger partial charge in [0.05, 0.1) is 13.3 Å². The molecule has 0 aliphatic carbocycles. The highest BCUT2D eigenvalue weighted by atomic mass is 19.1. The first-order valence-corrected chi connectivity index (χ1v) is 10.4. The zero-order chi connectivity index (χ0) is 22.3. The van der Waals surface area contributed by atoms with Gasteiger partial charge in [0.2, 0.25) is 5.95 Å². The number of likely N-dealkylation sites (tertiary alicyclic amines) is 1. The average Bonchev–Trinajstić information content (AvgIpc) is 2.62. The second kappa shape index (κ2) is 8.02. The van der Waals surface area contributed by atoms with Crippen molar-refractivity contribution in [2.75, 3.05) is 24.8 Å². The SMILES string of the molecule is COc1c(C)cc(Nc2ncc(F)c(NC3CC(C)(C)N(C)C(C)(C)C3)n2)cc1C. The number of aromatic nitrogens is 2. The van der Waals surface area contributed by atoms with Gasteiger partial charge in [-0.15, -0.1) is 0 Å². The summed E-state index contributed by atoms with van der Waals surface area (Å²) in [4.78, 5) is 10.9. The molecule has 0 amide bonds. The molecule has 30 heavy (non-hydrogen) atoms. The van der Waals surface area contributed by atoms with Gasteiger partial charge in [-0.25, -0.2) is 9.37 Å². The number of ether oxygens (including phenoxy) is 1. The number of hydrogen-bond donors (Lipinski definition) is 2. The summed E-state index contributed by atoms with van der Waals surface area (Å²) in [5, 5.41) is 6.52. The van der Waals surface area contributed by atoms with Gasteiger partial charge in [0.1, 0.15) is 5.75 Å². The first-order chi connectivity index (χ1) is 13.9. The predicted molar refractivity (Wildman–Crippen MR) is 120 cm³/mol. The van der Waals surface area contributed by atoms with E-state index in [1.807, 2.05) is 26.0 Å². The van der Waals surface area contributed by atoms with E-state index in [0.717, 1.165) is 35.4 Å². The van der Waals surface area contributed by atoms with E-state index in [2.05, 4.69) is 60.2 Å². The van der Waals surface area contributed by atoms with E-state index < -0.39 is 5.82 Å². The standard InChI is InChI=1S/C23H34FN5O/c1-14-9-16(10-15(2)19(14)30-8)27-21-25-13-18(24)20(28-21)26-17-11-22(3,4)29(7)23(5,6)12-17/h9-10,13,17H,11-12H2,1-8H3,(H2,25,26,27,28). The molecule has 0 unspecified atom stereocenters. The molecule has 0 saturated carbocycles. The number of nitrogens with one attached hydrogen (secondary N) is 2. The zero-order valence-corrected chi connectivity index (χ0v) is 19.4. The summed E-state index contributed by atoms with van der Waals surface area (Å²) in [7, 11) is 3.82. The molecule has 2 N–H and O–H groups in total. The highest BCUT2D eigenvalue weighted by molar-refractivity contribution is 5.60. The summed E-state index contributed by atoms with van der Waals surface area (Å²) in [5.74, 6) is 0.998. The van der Waals surface area contributed by atoms with Gasteiger partial charge >= 0.3 is 0 Å². The topological polar surface area (TPSA) is 62.3 Å². The van der Waals surface area contributed by atoms with E-state index in [9.17, 15) is 4.39 Å². The molecule has 0 atom stereocenters. The third-order valence-electron chi connectivity index (χ3n) is 6.31. The van der Waals surface area contributed by atoms with Crippen LogP contribution in [0.3, 0.4) is 0 Å². The minimum Gasteiger partial charge on any atom is -0.496 e. The number of methoxy groups -OCH3 is 1. The molecule has 1 fully saturated rings. The summed E-state index contributed by atoms with van der Waals surface area (Å²) in [6.07, 6.45) is 3.01. The van der Waals surface area contributed by atoms with Gasteiger partial charge in [0, 0.05) is 22.8 Å². The first kappa shape index (κ1) is 22.3. The van der Waals surface area contributed by atoms with Crippen molar-refractivity contribution in [3.05, 3.63) is 35.3 Å². The molecule has 1 aromatic carbocycles. The monoisotopic (exact) mass is 415 g/mol. The van der Waals surface area contributed by atoms with Gasteiger partial charge in [0.15, 0.2) is 11.6 Å². The fourth-order valence-corrected chi connectivity index (χ4v) is 4.67. The second-order valence-corrected chi connectivity index (χ2v) is 9.59. The minimum absolute atomic E-state index is 0.00213. The summed E-state index contributed by atoms with van der Waals surface area (Å²) >= 11 is 0. The molecule has 1 saturated heterocycles. The Labute approximate surface area is 179 Å². The van der Waals surface area contributed by atoms with Crippen LogP contribution in [-0.2, 0) is 0 Å². The molecule has 164 valence electrons. The van der Waals surface area contributed by atoms with Crippen molar-refractivity contribution in [1.82, 2.24) is 14.9 Å². The van der Waals surface area contributed by atoms with Gasteiger partial charge < -0.3 is 15.4 Å². The minimum atomic E-state index is -0.447. The van der Waals surface area contributed by atoms with Crippen LogP contribution in [0.15, 0.2) is 18.3 Å². The maximum absolute atomic E-state index is 14.5. The zero-order valence-electron chi connectivity index (χ0n) is 19.4. The molecule has 6 nitrogen and oxygen atoms in total. The number of benzene rings is 1. The van der Waals surface area contributed by atoms with Gasteiger partial charge in [-0.1, -0.05) is 0 Å². The van der Waals surface area contributed by atoms with E-state index in [1.54, 1.807) is 7.11 Å². The number of anilines is 3. The third kappa shape index (κ3) is 4.51. The van der Waals surface area contributed by atoms with Crippen molar-refractivity contribution in [1.29, 1.82) is 0 Å². The van der Waals surface area contributed by atoms with Crippen LogP contribution in [-0.4, -0.2) is 46.1 Å². The van der Waals surface area contributed by atoms with Crippen molar-refractivity contribution < 1.29 is 9.13 Å². The molecule has 0 spiro atoms. The fraction of sp³-hybridized carbons (Fsp3) is 0.565. The van der Waals surface area contributed by atoms with Gasteiger partial charge in [-0.05, 0) is 84.7 Å². The molecular formula is C23H34FN5O. The fourth-order valence-electron chi connectivity index (χ4n) is 4.67. The molecule has 1 aromatic heterocycles. The average molecular weight is 416 g/mol. The summed E-state index contributed by atoms with van der Waals surface area (Å²) in [6.45, 7) is 12.9. The van der Waals surface area contributed by atoms with Crippen LogP contribution in [0.4, 0.5) is 21.8 Å². The summed E-state index contributed by atoms with van der Waals surface area (Å²) in [6, 6.07) is 4.05. The molecule has 0 bridgehead atoms. The number of nitrogens with zero attached hydrogens (tertiary/aromatic N) is 3. The Hall–Kier alpha value is -2.41. The summed E-state index contributed by atoms with van der Waals surface area (Å²) < 4.78 is 19.9. The quantitative estimate of drug-likeness (QED) is 0.713. The largest absolute Gasteiger partial charge is 0.496 e. The number of aryl methyl sites for hydroxylation is 2. The summed E-state index contributed by atoms with van der Waals surface area (Å²) in [5.41, 5.74) is 2.86. The molecule has 2 heterocycles. The van der Waals surface area contributed by atoms with Crippen molar-refractivity contribution in [2.45, 2.75) is 71.5 Å². The Morgan fingerprint density at radius 3 is 2.20 bits per heavy atom. The van der Waals surface area contributed by atoms with Crippen LogP contribution >= 0.6 is 0 Å². The van der Waals surface area contributed by atoms with Crippen LogP contribution in [0.2, 0.25) is 0 Å². The van der Waals surface area contributed by atoms with Crippen LogP contribution < -0.4 is 15.4 Å². The van der Waals surface area contributed by atoms with Crippen molar-refractivity contribution in [2.24, 2.45) is 0 Å². The lowest BCUT2D eigenvalue weighted by Gasteiger charge is -2.53. The third-order valence-corrected chi connectivity index (χ3v) is 6.31. The predicted octanol–water partition coefficient (Wildman–Crippen LogP) is 5.05. The Balaban J connectivity index is 1.81. The van der Waals surface area contributed by atoms with E-state index in [4.69, 9.17) is 4.74 Å². The van der Waals surface area contributed by atoms with E-state index >= 15 is 0 Å². The van der Waals surface area contributed by atoms with E-state index in [0.29, 0.717) is 5.95 Å². The molecule has 2 aromatic rings. The molecule has 3 rings (SSSR count). The Morgan fingerprint density at radius 1 is 1.10 bits per heavy atom. The molecular weight excluding hydrogens is 381 g/mol. The molecule has 7 heteroatoms. The number of hydrogen-bond acceptors (Lipinski definition) is 6. The highest BCUT2D eigenvalue weighted by Gasteiger charge is 2.43. The van der Waals surface area contributed by atoms with Crippen molar-refractivity contribution in [3.63, 3.8) is 0 Å². The normalized spacial score (nSPS) is 18.8. The van der Waals surface area contributed by atoms with Crippen LogP contribution in [0.5, 0.6) is 5.75 Å². The molecule has 0 radical (unpaired) electrons. The first-order valence-electron chi connectivity index (χ1n) is 10.4. The van der Waals surface area contributed by atoms with Crippen LogP contribution in [0.25, 0.3) is 0 Å². The Bertz CT molecular complexity index is 887. The smallest absolute Gasteiger partial charge is 0.229 e. The number of halogens is 1. The Morgan fingerprint density at radius 2 is 1.67 bits per heavy atom. The van der Waals surface area contributed by atoms with Gasteiger partial charge in [-0.2, -0.15) is 4.98 Å². The lowest BCUT2D eigenvalue weighted by Crippen LogP contribution is -2.61. The van der Waals surface area contributed by atoms with Crippen LogP contribution in [0.1, 0.15) is 51.7 Å². The number of piperidine rings is 1. The number of rotatable bonds is 5. The van der Waals surface area contributed by atoms with E-state index in [-0.39, 0.29) is 22.9 Å². The van der Waals surface area contributed by atoms with Gasteiger partial charge in [0.25, 0.3) is 0 Å². The lowest BCUT2D eigenvalue weighted by molar-refractivity contribution is -0.00778. The highest BCUT2D eigenvalue weighted by Crippen LogP contribution is 2.38. The maximum Gasteiger partial charge on any atom is 0.229 e.